The lowest BCUT2D eigenvalue weighted by molar-refractivity contribution is -0.124. The van der Waals surface area contributed by atoms with Gasteiger partial charge in [-0.2, -0.15) is 0 Å². The lowest BCUT2D eigenvalue weighted by Gasteiger charge is -2.35. The molecule has 1 amide bonds. The number of methoxy groups -OCH3 is 2. The summed E-state index contributed by atoms with van der Waals surface area (Å²) in [5.74, 6) is 1.61. The summed E-state index contributed by atoms with van der Waals surface area (Å²) < 4.78 is 11.0. The first-order valence-electron chi connectivity index (χ1n) is 12.6. The van der Waals surface area contributed by atoms with E-state index in [9.17, 15) is 4.79 Å². The fourth-order valence-corrected chi connectivity index (χ4v) is 5.74. The van der Waals surface area contributed by atoms with E-state index in [0.717, 1.165) is 74.6 Å². The second kappa shape index (κ2) is 10.3. The molecule has 1 aromatic carbocycles. The zero-order valence-corrected chi connectivity index (χ0v) is 20.3. The highest BCUT2D eigenvalue weighted by molar-refractivity contribution is 6.00. The first-order valence-corrected chi connectivity index (χ1v) is 12.6. The van der Waals surface area contributed by atoms with E-state index >= 15 is 0 Å². The fourth-order valence-electron chi connectivity index (χ4n) is 5.74. The monoisotopic (exact) mass is 464 g/mol. The summed E-state index contributed by atoms with van der Waals surface area (Å²) in [7, 11) is 3.55. The van der Waals surface area contributed by atoms with E-state index in [0.29, 0.717) is 12.5 Å². The number of nitrogens with one attached hydrogen (secondary N) is 1. The summed E-state index contributed by atoms with van der Waals surface area (Å²) in [6, 6.07) is 10.5. The van der Waals surface area contributed by atoms with Crippen molar-refractivity contribution < 1.29 is 14.3 Å². The molecular formula is C27H36N4O3. The largest absolute Gasteiger partial charge is 0.384 e. The quantitative estimate of drug-likeness (QED) is 0.690. The molecule has 0 bridgehead atoms. The van der Waals surface area contributed by atoms with Crippen LogP contribution < -0.4 is 15.1 Å². The van der Waals surface area contributed by atoms with Crippen molar-refractivity contribution in [2.24, 2.45) is 11.8 Å². The first kappa shape index (κ1) is 23.1. The fraction of sp³-hybridized carbons (Fsp3) is 0.556. The molecule has 3 heterocycles. The number of aromatic nitrogens is 1. The summed E-state index contributed by atoms with van der Waals surface area (Å²) in [6.07, 6.45) is 8.07. The van der Waals surface area contributed by atoms with Crippen molar-refractivity contribution in [3.63, 3.8) is 0 Å². The summed E-state index contributed by atoms with van der Waals surface area (Å²) >= 11 is 0. The van der Waals surface area contributed by atoms with Crippen LogP contribution in [-0.2, 0) is 20.8 Å². The molecule has 34 heavy (non-hydrogen) atoms. The van der Waals surface area contributed by atoms with Crippen LogP contribution in [0.25, 0.3) is 0 Å². The number of hydrogen-bond donors (Lipinski definition) is 1. The zero-order chi connectivity index (χ0) is 23.5. The third-order valence-electron chi connectivity index (χ3n) is 7.65. The predicted octanol–water partition coefficient (Wildman–Crippen LogP) is 4.74. The van der Waals surface area contributed by atoms with Crippen molar-refractivity contribution in [3.8, 4) is 0 Å². The van der Waals surface area contributed by atoms with E-state index in [-0.39, 0.29) is 17.9 Å². The number of carbonyl (C=O) groups is 1. The Kier molecular flexibility index (Phi) is 7.02. The van der Waals surface area contributed by atoms with Crippen molar-refractivity contribution in [1.29, 1.82) is 0 Å². The molecule has 1 N–H and O–H groups in total. The highest BCUT2D eigenvalue weighted by Gasteiger charge is 2.33. The van der Waals surface area contributed by atoms with E-state index in [2.05, 4.69) is 39.5 Å². The molecule has 5 rings (SSSR count). The number of carbonyl (C=O) groups excluding carboxylic acids is 1. The molecular weight excluding hydrogens is 428 g/mol. The maximum Gasteiger partial charge on any atom is 0.230 e. The molecule has 1 unspecified atom stereocenters. The Morgan fingerprint density at radius 2 is 2.00 bits per heavy atom. The van der Waals surface area contributed by atoms with Crippen LogP contribution in [0.15, 0.2) is 36.5 Å². The number of nitrogens with zero attached hydrogens (tertiary/aromatic N) is 3. The van der Waals surface area contributed by atoms with Crippen molar-refractivity contribution in [2.45, 2.75) is 51.2 Å². The molecule has 2 fully saturated rings. The van der Waals surface area contributed by atoms with Crippen LogP contribution in [0, 0.1) is 11.8 Å². The van der Waals surface area contributed by atoms with E-state index in [1.165, 1.54) is 12.1 Å². The van der Waals surface area contributed by atoms with Crippen LogP contribution in [0.4, 0.5) is 22.9 Å². The minimum Gasteiger partial charge on any atom is -0.384 e. The van der Waals surface area contributed by atoms with Crippen molar-refractivity contribution >= 4 is 28.8 Å². The van der Waals surface area contributed by atoms with Crippen LogP contribution in [0.1, 0.15) is 44.1 Å². The minimum absolute atomic E-state index is 0.0298. The third-order valence-corrected chi connectivity index (χ3v) is 7.65. The van der Waals surface area contributed by atoms with E-state index < -0.39 is 0 Å². The molecule has 0 radical (unpaired) electrons. The Bertz CT molecular complexity index is 1000. The predicted molar refractivity (Wildman–Crippen MR) is 135 cm³/mol. The van der Waals surface area contributed by atoms with Gasteiger partial charge in [0.05, 0.1) is 30.6 Å². The van der Waals surface area contributed by atoms with Crippen LogP contribution in [-0.4, -0.2) is 50.9 Å². The van der Waals surface area contributed by atoms with Crippen LogP contribution in [0.5, 0.6) is 0 Å². The van der Waals surface area contributed by atoms with E-state index in [1.807, 2.05) is 11.0 Å². The Labute approximate surface area is 202 Å². The van der Waals surface area contributed by atoms with E-state index in [4.69, 9.17) is 9.47 Å². The minimum atomic E-state index is 0.0298. The average Bonchev–Trinajstić information content (AvgIpc) is 3.05. The number of ether oxygens (including phenoxy) is 2. The average molecular weight is 465 g/mol. The molecule has 1 saturated carbocycles. The summed E-state index contributed by atoms with van der Waals surface area (Å²) in [5.41, 5.74) is 4.09. The van der Waals surface area contributed by atoms with Gasteiger partial charge < -0.3 is 24.6 Å². The maximum absolute atomic E-state index is 13.9. The number of piperidine rings is 1. The Morgan fingerprint density at radius 1 is 1.15 bits per heavy atom. The number of amides is 1. The summed E-state index contributed by atoms with van der Waals surface area (Å²) in [6.45, 7) is 3.33. The number of anilines is 4. The topological polar surface area (TPSA) is 66.9 Å². The number of rotatable bonds is 5. The van der Waals surface area contributed by atoms with Gasteiger partial charge in [-0.1, -0.05) is 6.07 Å². The first-order chi connectivity index (χ1) is 16.7. The standard InChI is InChI=1S/C27H36N4O3/c1-33-18-19-5-4-14-30(16-19)22-9-12-24-25(15-22)31(17-21-6-3-13-28-26(21)29-24)27(32)20-7-10-23(34-2)11-8-20/h3,6,9,12-13,15,19-20,23H,4-5,7-8,10-11,14,16-18H2,1-2H3,(H,28,29). The molecule has 7 nitrogen and oxygen atoms in total. The third kappa shape index (κ3) is 4.77. The van der Waals surface area contributed by atoms with Crippen molar-refractivity contribution in [2.75, 3.05) is 49.0 Å². The molecule has 0 spiro atoms. The smallest absolute Gasteiger partial charge is 0.230 e. The van der Waals surface area contributed by atoms with Gasteiger partial charge in [-0.3, -0.25) is 4.79 Å². The molecule has 1 aromatic heterocycles. The summed E-state index contributed by atoms with van der Waals surface area (Å²) in [5, 5.41) is 3.50. The molecule has 3 aliphatic rings. The van der Waals surface area contributed by atoms with Gasteiger partial charge in [-0.15, -0.1) is 0 Å². The van der Waals surface area contributed by atoms with Gasteiger partial charge in [-0.25, -0.2) is 4.98 Å². The van der Waals surface area contributed by atoms with Crippen molar-refractivity contribution in [1.82, 2.24) is 4.98 Å². The van der Waals surface area contributed by atoms with Gasteiger partial charge in [-0.05, 0) is 68.7 Å². The van der Waals surface area contributed by atoms with Gasteiger partial charge in [0.1, 0.15) is 5.82 Å². The molecule has 2 aromatic rings. The van der Waals surface area contributed by atoms with Gasteiger partial charge in [0.25, 0.3) is 0 Å². The van der Waals surface area contributed by atoms with Gasteiger partial charge in [0.15, 0.2) is 0 Å². The van der Waals surface area contributed by atoms with E-state index in [1.54, 1.807) is 20.4 Å². The molecule has 1 saturated heterocycles. The van der Waals surface area contributed by atoms with Gasteiger partial charge in [0.2, 0.25) is 5.91 Å². The number of benzene rings is 1. The Hall–Kier alpha value is -2.64. The zero-order valence-electron chi connectivity index (χ0n) is 20.3. The molecule has 1 atom stereocenters. The highest BCUT2D eigenvalue weighted by atomic mass is 16.5. The SMILES string of the molecule is COCC1CCCN(c2ccc3c(c2)N(C(=O)C2CCC(OC)CC2)Cc2cccnc2N3)C1. The molecule has 2 aliphatic heterocycles. The van der Waals surface area contributed by atoms with Crippen molar-refractivity contribution in [3.05, 3.63) is 42.1 Å². The van der Waals surface area contributed by atoms with Gasteiger partial charge in [0, 0.05) is 50.7 Å². The number of hydrogen-bond acceptors (Lipinski definition) is 6. The lowest BCUT2D eigenvalue weighted by Crippen LogP contribution is -2.39. The maximum atomic E-state index is 13.9. The van der Waals surface area contributed by atoms with Crippen LogP contribution in [0.2, 0.25) is 0 Å². The van der Waals surface area contributed by atoms with Crippen LogP contribution in [0.3, 0.4) is 0 Å². The number of fused-ring (bicyclic) bond motifs is 2. The molecule has 7 heteroatoms. The number of pyridine rings is 1. The second-order valence-electron chi connectivity index (χ2n) is 9.88. The Balaban J connectivity index is 1.46. The van der Waals surface area contributed by atoms with Crippen LogP contribution >= 0.6 is 0 Å². The molecule has 182 valence electrons. The highest BCUT2D eigenvalue weighted by Crippen LogP contribution is 2.40. The van der Waals surface area contributed by atoms with Gasteiger partial charge >= 0.3 is 0 Å². The Morgan fingerprint density at radius 3 is 2.79 bits per heavy atom. The summed E-state index contributed by atoms with van der Waals surface area (Å²) in [4.78, 5) is 22.9. The lowest BCUT2D eigenvalue weighted by atomic mass is 9.86. The molecule has 1 aliphatic carbocycles. The normalized spacial score (nSPS) is 24.6. The second-order valence-corrected chi connectivity index (χ2v) is 9.88.